The van der Waals surface area contributed by atoms with Gasteiger partial charge in [0, 0.05) is 73.0 Å². The Hall–Kier alpha value is -5.47. The molecule has 4 amide bonds. The molecule has 3 aromatic heterocycles. The minimum Gasteiger partial charge on any atom is -0.382 e. The number of anilines is 1. The molecule has 2 aliphatic heterocycles. The van der Waals surface area contributed by atoms with E-state index in [-0.39, 0.29) is 55.8 Å². The molecular formula is C42H45FN6O7. The molecule has 0 bridgehead atoms. The first kappa shape index (κ1) is 38.8. The van der Waals surface area contributed by atoms with Gasteiger partial charge in [0.1, 0.15) is 12.2 Å². The molecule has 13 nitrogen and oxygen atoms in total. The minimum absolute atomic E-state index is 0.00628. The van der Waals surface area contributed by atoms with Crippen LogP contribution in [0.3, 0.4) is 0 Å². The number of pyridine rings is 3. The van der Waals surface area contributed by atoms with Gasteiger partial charge >= 0.3 is 0 Å². The molecule has 2 fully saturated rings. The van der Waals surface area contributed by atoms with E-state index in [0.29, 0.717) is 48.7 Å². The van der Waals surface area contributed by atoms with E-state index in [2.05, 4.69) is 20.6 Å². The Morgan fingerprint density at radius 2 is 1.86 bits per heavy atom. The summed E-state index contributed by atoms with van der Waals surface area (Å²) in [5, 5.41) is 6.62. The number of Topliss-reactive ketones (excluding diaryl/α,β-unsaturated/α-hetero) is 1. The first-order chi connectivity index (χ1) is 27.0. The Morgan fingerprint density at radius 1 is 1.02 bits per heavy atom. The van der Waals surface area contributed by atoms with Crippen LogP contribution in [0.1, 0.15) is 107 Å². The van der Waals surface area contributed by atoms with Gasteiger partial charge in [-0.05, 0) is 88.3 Å². The molecule has 2 N–H and O–H groups in total. The van der Waals surface area contributed by atoms with Crippen molar-refractivity contribution in [1.29, 1.82) is 0 Å². The summed E-state index contributed by atoms with van der Waals surface area (Å²) in [5.41, 5.74) is 3.67. The zero-order valence-electron chi connectivity index (χ0n) is 31.5. The molecule has 1 saturated carbocycles. The first-order valence-corrected chi connectivity index (χ1v) is 19.2. The van der Waals surface area contributed by atoms with Crippen molar-refractivity contribution < 1.29 is 37.8 Å². The summed E-state index contributed by atoms with van der Waals surface area (Å²) < 4.78 is 27.1. The van der Waals surface area contributed by atoms with Gasteiger partial charge < -0.3 is 14.8 Å². The molecule has 0 radical (unpaired) electrons. The number of ketones is 1. The zero-order chi connectivity index (χ0) is 39.4. The third-order valence-electron chi connectivity index (χ3n) is 10.5. The Kier molecular flexibility index (Phi) is 11.6. The van der Waals surface area contributed by atoms with Crippen LogP contribution in [0.5, 0.6) is 0 Å². The maximum atomic E-state index is 15.5. The first-order valence-electron chi connectivity index (χ1n) is 19.2. The lowest BCUT2D eigenvalue weighted by atomic mass is 9.95. The highest BCUT2D eigenvalue weighted by molar-refractivity contribution is 6.24. The van der Waals surface area contributed by atoms with Crippen molar-refractivity contribution in [3.63, 3.8) is 0 Å². The average Bonchev–Trinajstić information content (AvgIpc) is 3.96. The highest BCUT2D eigenvalue weighted by atomic mass is 19.1. The van der Waals surface area contributed by atoms with E-state index in [0.717, 1.165) is 40.0 Å². The van der Waals surface area contributed by atoms with Crippen LogP contribution in [-0.2, 0) is 31.9 Å². The number of hydrogen-bond donors (Lipinski definition) is 2. The molecule has 7 rings (SSSR count). The van der Waals surface area contributed by atoms with E-state index in [1.165, 1.54) is 0 Å². The average molecular weight is 765 g/mol. The number of piperidine rings is 1. The molecule has 1 saturated heterocycles. The second kappa shape index (κ2) is 16.7. The van der Waals surface area contributed by atoms with E-state index >= 15 is 4.39 Å². The third-order valence-corrected chi connectivity index (χ3v) is 10.5. The number of aryl methyl sites for hydroxylation is 1. The van der Waals surface area contributed by atoms with Gasteiger partial charge in [-0.1, -0.05) is 12.1 Å². The summed E-state index contributed by atoms with van der Waals surface area (Å²) in [6, 6.07) is 12.0. The summed E-state index contributed by atoms with van der Waals surface area (Å²) in [7, 11) is 0. The van der Waals surface area contributed by atoms with Crippen molar-refractivity contribution in [1.82, 2.24) is 25.2 Å². The number of halogens is 1. The number of hydrogen-bond acceptors (Lipinski definition) is 11. The lowest BCUT2D eigenvalue weighted by Crippen LogP contribution is -2.54. The van der Waals surface area contributed by atoms with Gasteiger partial charge in [-0.15, -0.1) is 0 Å². The Bertz CT molecular complexity index is 2170. The van der Waals surface area contributed by atoms with Gasteiger partial charge in [-0.3, -0.25) is 49.1 Å². The van der Waals surface area contributed by atoms with Crippen molar-refractivity contribution in [3.8, 4) is 0 Å². The fraction of sp³-hybridized carbons (Fsp3) is 0.429. The van der Waals surface area contributed by atoms with Gasteiger partial charge in [0.05, 0.1) is 41.0 Å². The number of nitrogens with zero attached hydrogens (tertiary/aromatic N) is 4. The summed E-state index contributed by atoms with van der Waals surface area (Å²) in [6.07, 6.45) is 7.32. The van der Waals surface area contributed by atoms with Crippen molar-refractivity contribution in [2.45, 2.75) is 95.5 Å². The van der Waals surface area contributed by atoms with Crippen LogP contribution in [0.2, 0.25) is 0 Å². The predicted molar refractivity (Wildman–Crippen MR) is 204 cm³/mol. The van der Waals surface area contributed by atoms with E-state index in [1.807, 2.05) is 24.3 Å². The van der Waals surface area contributed by atoms with Crippen molar-refractivity contribution in [3.05, 3.63) is 94.7 Å². The van der Waals surface area contributed by atoms with Crippen molar-refractivity contribution in [2.24, 2.45) is 0 Å². The monoisotopic (exact) mass is 764 g/mol. The van der Waals surface area contributed by atoms with Crippen LogP contribution in [0.25, 0.3) is 10.9 Å². The number of benzene rings is 1. The van der Waals surface area contributed by atoms with Crippen molar-refractivity contribution >= 4 is 46.0 Å². The van der Waals surface area contributed by atoms with Gasteiger partial charge in [-0.25, -0.2) is 4.39 Å². The van der Waals surface area contributed by atoms with Crippen LogP contribution in [0, 0.1) is 0 Å². The molecule has 2 atom stereocenters. The molecule has 1 aromatic carbocycles. The number of rotatable bonds is 18. The van der Waals surface area contributed by atoms with Gasteiger partial charge in [0.15, 0.2) is 5.78 Å². The van der Waals surface area contributed by atoms with Crippen LogP contribution in [0.4, 0.5) is 10.1 Å². The van der Waals surface area contributed by atoms with Crippen LogP contribution < -0.4 is 10.6 Å². The Morgan fingerprint density at radius 3 is 2.66 bits per heavy atom. The zero-order valence-corrected chi connectivity index (χ0v) is 31.5. The normalized spacial score (nSPS) is 17.6. The van der Waals surface area contributed by atoms with E-state index in [1.54, 1.807) is 50.6 Å². The largest absolute Gasteiger partial charge is 0.382 e. The standard InChI is InChI=1S/C42H45FN6O7/c1-42(2,56-20-19-55-18-4-6-25-5-3-7-30-38(25)41(54)49(40(30)53)34-12-15-37(51)48-39(34)52)36(43)14-13-35(50)31-24-45-29(22-33(31)46-27-10-11-27)21-28-9-8-26-23-44-17-16-32(26)47-28/h3,5,7-9,16-17,22-24,27,34,36H,4,6,10-15,18-21H2,1-2H3,(H,45,46)(H,48,51,52). The topological polar surface area (TPSA) is 170 Å². The number of alkyl halides is 1. The lowest BCUT2D eigenvalue weighted by molar-refractivity contribution is -0.136. The van der Waals surface area contributed by atoms with Gasteiger partial charge in [0.25, 0.3) is 11.8 Å². The molecular weight excluding hydrogens is 719 g/mol. The second-order valence-electron chi connectivity index (χ2n) is 15.1. The van der Waals surface area contributed by atoms with Crippen LogP contribution >= 0.6 is 0 Å². The van der Waals surface area contributed by atoms with Crippen LogP contribution in [-0.4, -0.2) is 92.9 Å². The van der Waals surface area contributed by atoms with Gasteiger partial charge in [0.2, 0.25) is 11.8 Å². The predicted octanol–water partition coefficient (Wildman–Crippen LogP) is 5.34. The number of carbonyl (C=O) groups excluding carboxylic acids is 5. The summed E-state index contributed by atoms with van der Waals surface area (Å²) >= 11 is 0. The quantitative estimate of drug-likeness (QED) is 0.0763. The molecule has 1 aliphatic carbocycles. The SMILES string of the molecule is CC(C)(OCCOCCCc1cccc2c1C(=O)N(C1CCC(=O)NC1=O)C2=O)C(F)CCC(=O)c1cnc(Cc2ccc3cnccc3n2)cc1NC1CC1. The highest BCUT2D eigenvalue weighted by Gasteiger charge is 2.45. The highest BCUT2D eigenvalue weighted by Crippen LogP contribution is 2.32. The van der Waals surface area contributed by atoms with E-state index < -0.39 is 41.4 Å². The number of aromatic nitrogens is 3. The molecule has 14 heteroatoms. The Balaban J connectivity index is 0.851. The maximum Gasteiger partial charge on any atom is 0.262 e. The third kappa shape index (κ3) is 8.81. The van der Waals surface area contributed by atoms with E-state index in [9.17, 15) is 24.0 Å². The number of carbonyl (C=O) groups is 5. The fourth-order valence-corrected chi connectivity index (χ4v) is 7.13. The molecule has 2 unspecified atom stereocenters. The smallest absolute Gasteiger partial charge is 0.262 e. The molecule has 3 aliphatic rings. The maximum absolute atomic E-state index is 15.5. The molecule has 5 heterocycles. The number of fused-ring (bicyclic) bond motifs is 2. The number of nitrogens with one attached hydrogen (secondary N) is 2. The number of imide groups is 2. The molecule has 0 spiro atoms. The van der Waals surface area contributed by atoms with Gasteiger partial charge in [-0.2, -0.15) is 0 Å². The number of ether oxygens (including phenoxy) is 2. The fourth-order valence-electron chi connectivity index (χ4n) is 7.13. The van der Waals surface area contributed by atoms with Crippen LogP contribution in [0.15, 0.2) is 61.1 Å². The molecule has 56 heavy (non-hydrogen) atoms. The van der Waals surface area contributed by atoms with Crippen molar-refractivity contribution in [2.75, 3.05) is 25.1 Å². The summed E-state index contributed by atoms with van der Waals surface area (Å²) in [6.45, 7) is 3.99. The lowest BCUT2D eigenvalue weighted by Gasteiger charge is -2.29. The minimum atomic E-state index is -1.41. The molecule has 292 valence electrons. The number of amides is 4. The molecule has 4 aromatic rings. The summed E-state index contributed by atoms with van der Waals surface area (Å²) in [5.74, 6) is -2.35. The Labute approximate surface area is 323 Å². The summed E-state index contributed by atoms with van der Waals surface area (Å²) in [4.78, 5) is 78.2. The van der Waals surface area contributed by atoms with E-state index in [4.69, 9.17) is 14.5 Å². The second-order valence-corrected chi connectivity index (χ2v) is 15.1.